The molecule has 1 N–H and O–H groups in total. The molecule has 0 aromatic heterocycles. The third-order valence-corrected chi connectivity index (χ3v) is 7.07. The number of piperidine rings is 1. The summed E-state index contributed by atoms with van der Waals surface area (Å²) < 4.78 is 17.4. The van der Waals surface area contributed by atoms with Gasteiger partial charge in [0.1, 0.15) is 12.9 Å². The summed E-state index contributed by atoms with van der Waals surface area (Å²) in [7, 11) is -0.972. The Labute approximate surface area is 180 Å². The van der Waals surface area contributed by atoms with Gasteiger partial charge in [-0.25, -0.2) is 4.79 Å². The summed E-state index contributed by atoms with van der Waals surface area (Å²) >= 11 is 0. The van der Waals surface area contributed by atoms with Crippen molar-refractivity contribution in [2.24, 2.45) is 11.3 Å². The average molecular weight is 439 g/mol. The first-order chi connectivity index (χ1) is 14.0. The summed E-state index contributed by atoms with van der Waals surface area (Å²) in [5.41, 5.74) is 1.05. The summed E-state index contributed by atoms with van der Waals surface area (Å²) in [6.45, 7) is 12.8. The molecule has 6 nitrogen and oxygen atoms in total. The molecule has 1 aliphatic heterocycles. The van der Waals surface area contributed by atoms with Crippen molar-refractivity contribution in [2.75, 3.05) is 26.2 Å². The molecule has 0 radical (unpaired) electrons. The van der Waals surface area contributed by atoms with Crippen molar-refractivity contribution in [3.05, 3.63) is 35.9 Å². The van der Waals surface area contributed by atoms with E-state index < -0.39 is 19.5 Å². The lowest BCUT2D eigenvalue weighted by Gasteiger charge is -2.44. The minimum Gasteiger partial charge on any atom is -0.445 e. The van der Waals surface area contributed by atoms with Gasteiger partial charge in [-0.15, -0.1) is 0 Å². The van der Waals surface area contributed by atoms with E-state index in [0.717, 1.165) is 38.0 Å². The van der Waals surface area contributed by atoms with Gasteiger partial charge in [-0.05, 0) is 37.4 Å². The molecule has 0 atom stereocenters. The maximum absolute atomic E-state index is 11.9. The first-order valence-electron chi connectivity index (χ1n) is 10.9. The zero-order valence-corrected chi connectivity index (χ0v) is 21.3. The summed E-state index contributed by atoms with van der Waals surface area (Å²) in [4.78, 5) is 14.3. The van der Waals surface area contributed by atoms with Crippen molar-refractivity contribution in [1.82, 2.24) is 10.2 Å². The summed E-state index contributed by atoms with van der Waals surface area (Å²) in [5.74, 6) is 0.605. The maximum atomic E-state index is 11.9. The topological polar surface area (TPSA) is 60.0 Å². The van der Waals surface area contributed by atoms with Crippen LogP contribution in [0.25, 0.3) is 0 Å². The number of hydrogen-bond acceptors (Lipinski definition) is 5. The third kappa shape index (κ3) is 7.86. The van der Waals surface area contributed by atoms with Crippen molar-refractivity contribution in [3.63, 3.8) is 0 Å². The predicted molar refractivity (Wildman–Crippen MR) is 122 cm³/mol. The second-order valence-electron chi connectivity index (χ2n) is 8.17. The fraction of sp³-hybridized carbons (Fsp3) is 0.667. The van der Waals surface area contributed by atoms with E-state index in [1.54, 1.807) is 0 Å². The minimum atomic E-state index is -0.486. The Kier molecular flexibility index (Phi) is 10.4. The van der Waals surface area contributed by atoms with Crippen LogP contribution in [0.1, 0.15) is 32.3 Å². The summed E-state index contributed by atoms with van der Waals surface area (Å²) in [6.07, 6.45) is 1.90. The van der Waals surface area contributed by atoms with E-state index in [0.29, 0.717) is 19.1 Å². The van der Waals surface area contributed by atoms with Crippen LogP contribution >= 0.6 is 0 Å². The van der Waals surface area contributed by atoms with Gasteiger partial charge in [0.05, 0.1) is 0 Å². The quantitative estimate of drug-likeness (QED) is 0.424. The molecule has 1 aromatic rings. The highest BCUT2D eigenvalue weighted by Gasteiger charge is 2.39. The molecular weight excluding hydrogens is 400 g/mol. The fourth-order valence-electron chi connectivity index (χ4n) is 3.96. The van der Waals surface area contributed by atoms with Gasteiger partial charge < -0.3 is 23.8 Å². The van der Waals surface area contributed by atoms with Gasteiger partial charge in [0.25, 0.3) is 0 Å². The second kappa shape index (κ2) is 12.5. The standard InChI is InChI=1S/C21H38N2O4Si2/c1-21(2,19(26-28-3)27-29-4)18-10-13-23(14-11-18)15-12-22-20(24)25-16-17-8-6-5-7-9-17/h5-9,18-19H,10-16,28-29H2,1-4H3,(H,22,24). The van der Waals surface area contributed by atoms with E-state index >= 15 is 0 Å². The lowest BCUT2D eigenvalue weighted by molar-refractivity contribution is -0.114. The van der Waals surface area contributed by atoms with E-state index in [1.165, 1.54) is 0 Å². The number of ether oxygens (including phenoxy) is 1. The fourth-order valence-corrected chi connectivity index (χ4v) is 5.81. The number of benzene rings is 1. The molecule has 0 spiro atoms. The van der Waals surface area contributed by atoms with Gasteiger partial charge in [-0.1, -0.05) is 57.3 Å². The molecular formula is C21H38N2O4Si2. The van der Waals surface area contributed by atoms with Gasteiger partial charge >= 0.3 is 6.09 Å². The molecule has 0 saturated carbocycles. The number of alkyl carbamates (subject to hydrolysis) is 1. The molecule has 1 saturated heterocycles. The van der Waals surface area contributed by atoms with E-state index in [-0.39, 0.29) is 17.8 Å². The highest BCUT2D eigenvalue weighted by molar-refractivity contribution is 6.26. The van der Waals surface area contributed by atoms with Gasteiger partial charge in [0.15, 0.2) is 19.5 Å². The Morgan fingerprint density at radius 2 is 1.79 bits per heavy atom. The predicted octanol–water partition coefficient (Wildman–Crippen LogP) is 2.27. The number of carbonyl (C=O) groups is 1. The van der Waals surface area contributed by atoms with Crippen molar-refractivity contribution >= 4 is 25.6 Å². The van der Waals surface area contributed by atoms with Crippen molar-refractivity contribution in [2.45, 2.75) is 52.7 Å². The number of nitrogens with zero attached hydrogens (tertiary/aromatic N) is 1. The zero-order chi connectivity index (χ0) is 21.1. The smallest absolute Gasteiger partial charge is 0.407 e. The van der Waals surface area contributed by atoms with Crippen LogP contribution in [0.5, 0.6) is 0 Å². The highest BCUT2D eigenvalue weighted by atomic mass is 28.2. The normalized spacial score (nSPS) is 17.9. The molecule has 1 fully saturated rings. The number of hydrogen-bond donors (Lipinski definition) is 1. The van der Waals surface area contributed by atoms with E-state index in [4.69, 9.17) is 13.6 Å². The Balaban J connectivity index is 1.66. The van der Waals surface area contributed by atoms with Gasteiger partial charge in [-0.3, -0.25) is 0 Å². The average Bonchev–Trinajstić information content (AvgIpc) is 2.73. The van der Waals surface area contributed by atoms with Crippen LogP contribution in [-0.4, -0.2) is 63.0 Å². The highest BCUT2D eigenvalue weighted by Crippen LogP contribution is 2.39. The van der Waals surface area contributed by atoms with Crippen LogP contribution in [0, 0.1) is 11.3 Å². The molecule has 29 heavy (non-hydrogen) atoms. The Morgan fingerprint density at radius 1 is 1.17 bits per heavy atom. The number of amides is 1. The van der Waals surface area contributed by atoms with Crippen LogP contribution in [0.3, 0.4) is 0 Å². The van der Waals surface area contributed by atoms with Crippen LogP contribution in [0.2, 0.25) is 13.1 Å². The van der Waals surface area contributed by atoms with Gasteiger partial charge in [0, 0.05) is 18.5 Å². The van der Waals surface area contributed by atoms with Crippen LogP contribution < -0.4 is 5.32 Å². The van der Waals surface area contributed by atoms with Crippen LogP contribution in [0.4, 0.5) is 4.79 Å². The first kappa shape index (κ1) is 24.1. The number of likely N-dealkylation sites (tertiary alicyclic amines) is 1. The van der Waals surface area contributed by atoms with E-state index in [2.05, 4.69) is 37.2 Å². The van der Waals surface area contributed by atoms with Crippen LogP contribution in [0.15, 0.2) is 30.3 Å². The van der Waals surface area contributed by atoms with Crippen molar-refractivity contribution in [3.8, 4) is 0 Å². The lowest BCUT2D eigenvalue weighted by atomic mass is 9.73. The van der Waals surface area contributed by atoms with Gasteiger partial charge in [-0.2, -0.15) is 0 Å². The van der Waals surface area contributed by atoms with Gasteiger partial charge in [0.2, 0.25) is 0 Å². The number of nitrogens with one attached hydrogen (secondary N) is 1. The zero-order valence-electron chi connectivity index (χ0n) is 18.5. The Bertz CT molecular complexity index is 590. The molecule has 2 rings (SSSR count). The summed E-state index contributed by atoms with van der Waals surface area (Å²) in [5, 5.41) is 2.86. The lowest BCUT2D eigenvalue weighted by Crippen LogP contribution is -2.47. The molecule has 0 unspecified atom stereocenters. The SMILES string of the molecule is C[SiH2]OC(O[SiH2]C)C(C)(C)C1CCN(CCNC(=O)OCc2ccccc2)CC1. The van der Waals surface area contributed by atoms with Crippen LogP contribution in [-0.2, 0) is 20.2 Å². The Morgan fingerprint density at radius 3 is 2.38 bits per heavy atom. The monoisotopic (exact) mass is 438 g/mol. The maximum Gasteiger partial charge on any atom is 0.407 e. The Hall–Kier alpha value is -1.20. The first-order valence-corrected chi connectivity index (χ1v) is 14.9. The van der Waals surface area contributed by atoms with Crippen molar-refractivity contribution in [1.29, 1.82) is 0 Å². The molecule has 8 heteroatoms. The molecule has 1 aromatic carbocycles. The van der Waals surface area contributed by atoms with Crippen molar-refractivity contribution < 1.29 is 18.4 Å². The molecule has 1 heterocycles. The molecule has 0 aliphatic carbocycles. The van der Waals surface area contributed by atoms with E-state index in [9.17, 15) is 4.79 Å². The molecule has 0 bridgehead atoms. The number of carbonyl (C=O) groups excluding carboxylic acids is 1. The molecule has 1 aliphatic rings. The minimum absolute atomic E-state index is 0.0339. The summed E-state index contributed by atoms with van der Waals surface area (Å²) in [6, 6.07) is 9.73. The third-order valence-electron chi connectivity index (χ3n) is 5.79. The number of rotatable bonds is 11. The molecule has 164 valence electrons. The second-order valence-corrected chi connectivity index (χ2v) is 9.99. The van der Waals surface area contributed by atoms with E-state index in [1.807, 2.05) is 30.3 Å². The largest absolute Gasteiger partial charge is 0.445 e. The molecule has 1 amide bonds.